The zero-order valence-electron chi connectivity index (χ0n) is 14.9. The van der Waals surface area contributed by atoms with Crippen LogP contribution in [-0.4, -0.2) is 17.1 Å². The topological polar surface area (TPSA) is 50.4 Å². The Balaban J connectivity index is 1.63. The number of carbonyl (C=O) groups excluding carboxylic acids is 1. The third-order valence-electron chi connectivity index (χ3n) is 3.99. The minimum Gasteiger partial charge on any atom is -0.491 e. The number of thiocarbonyl (C=S) groups is 1. The van der Waals surface area contributed by atoms with E-state index in [0.717, 1.165) is 27.9 Å². The van der Waals surface area contributed by atoms with Crippen LogP contribution in [0.4, 0.5) is 5.69 Å². The molecule has 0 bridgehead atoms. The van der Waals surface area contributed by atoms with Crippen molar-refractivity contribution < 1.29 is 9.53 Å². The molecule has 0 aliphatic carbocycles. The minimum atomic E-state index is -0.324. The molecule has 140 valence electrons. The van der Waals surface area contributed by atoms with Gasteiger partial charge in [-0.15, -0.1) is 11.3 Å². The Morgan fingerprint density at radius 2 is 1.93 bits per heavy atom. The number of hydrogen-bond acceptors (Lipinski definition) is 4. The van der Waals surface area contributed by atoms with Crippen molar-refractivity contribution >= 4 is 61.9 Å². The van der Waals surface area contributed by atoms with Crippen LogP contribution in [0.2, 0.25) is 5.02 Å². The highest BCUT2D eigenvalue weighted by molar-refractivity contribution is 7.80. The van der Waals surface area contributed by atoms with Crippen molar-refractivity contribution in [1.82, 2.24) is 5.32 Å². The highest BCUT2D eigenvalue weighted by atomic mass is 35.5. The van der Waals surface area contributed by atoms with E-state index in [1.54, 1.807) is 0 Å². The lowest BCUT2D eigenvalue weighted by Gasteiger charge is -2.13. The van der Waals surface area contributed by atoms with Gasteiger partial charge in [-0.05, 0) is 55.9 Å². The predicted molar refractivity (Wildman–Crippen MR) is 117 cm³/mol. The summed E-state index contributed by atoms with van der Waals surface area (Å²) in [6.45, 7) is 4.10. The van der Waals surface area contributed by atoms with Crippen LogP contribution in [0.15, 0.2) is 48.5 Å². The molecule has 3 rings (SSSR count). The number of amides is 1. The third-order valence-corrected chi connectivity index (χ3v) is 5.87. The van der Waals surface area contributed by atoms with Crippen LogP contribution in [0.3, 0.4) is 0 Å². The summed E-state index contributed by atoms with van der Waals surface area (Å²) in [6, 6.07) is 15.1. The number of halogens is 1. The molecule has 1 aromatic heterocycles. The Labute approximate surface area is 172 Å². The van der Waals surface area contributed by atoms with E-state index in [4.69, 9.17) is 28.6 Å². The first kappa shape index (κ1) is 19.6. The normalized spacial score (nSPS) is 11.8. The summed E-state index contributed by atoms with van der Waals surface area (Å²) < 4.78 is 6.71. The highest BCUT2D eigenvalue weighted by Gasteiger charge is 2.17. The Morgan fingerprint density at radius 1 is 1.22 bits per heavy atom. The first-order valence-electron chi connectivity index (χ1n) is 8.54. The molecule has 1 heterocycles. The molecule has 0 saturated heterocycles. The van der Waals surface area contributed by atoms with Crippen molar-refractivity contribution in [3.8, 4) is 5.75 Å². The minimum absolute atomic E-state index is 0.162. The van der Waals surface area contributed by atoms with E-state index in [1.807, 2.05) is 55.5 Å². The van der Waals surface area contributed by atoms with E-state index >= 15 is 0 Å². The maximum Gasteiger partial charge on any atom is 0.269 e. The van der Waals surface area contributed by atoms with Gasteiger partial charge in [0.15, 0.2) is 5.11 Å². The van der Waals surface area contributed by atoms with Crippen molar-refractivity contribution in [3.63, 3.8) is 0 Å². The summed E-state index contributed by atoms with van der Waals surface area (Å²) in [6.07, 6.45) is 1.10. The number of nitrogens with one attached hydrogen (secondary N) is 2. The lowest BCUT2D eigenvalue weighted by Crippen LogP contribution is -2.33. The Bertz CT molecular complexity index is 970. The van der Waals surface area contributed by atoms with Gasteiger partial charge in [-0.25, -0.2) is 0 Å². The highest BCUT2D eigenvalue weighted by Crippen LogP contribution is 2.35. The van der Waals surface area contributed by atoms with Crippen molar-refractivity contribution in [3.05, 3.63) is 58.4 Å². The molecule has 7 heteroatoms. The average molecular weight is 419 g/mol. The predicted octanol–water partition coefficient (Wildman–Crippen LogP) is 5.86. The van der Waals surface area contributed by atoms with E-state index in [2.05, 4.69) is 17.6 Å². The molecule has 0 radical (unpaired) electrons. The lowest BCUT2D eigenvalue weighted by molar-refractivity contribution is 0.0982. The van der Waals surface area contributed by atoms with E-state index < -0.39 is 0 Å². The van der Waals surface area contributed by atoms with Crippen molar-refractivity contribution in [2.75, 3.05) is 5.32 Å². The second-order valence-electron chi connectivity index (χ2n) is 6.01. The molecule has 2 aromatic carbocycles. The molecular weight excluding hydrogens is 400 g/mol. The second-order valence-corrected chi connectivity index (χ2v) is 7.85. The molecule has 1 atom stereocenters. The van der Waals surface area contributed by atoms with Crippen LogP contribution in [-0.2, 0) is 0 Å². The van der Waals surface area contributed by atoms with E-state index in [-0.39, 0.29) is 17.1 Å². The lowest BCUT2D eigenvalue weighted by atomic mass is 10.2. The SMILES string of the molecule is CCC(C)Oc1ccc(NC(=S)NC(=O)c2sc3ccccc3c2Cl)cc1. The fourth-order valence-corrected chi connectivity index (χ4v) is 4.04. The van der Waals surface area contributed by atoms with Crippen LogP contribution in [0, 0.1) is 0 Å². The van der Waals surface area contributed by atoms with Crippen LogP contribution in [0.25, 0.3) is 10.1 Å². The summed E-state index contributed by atoms with van der Waals surface area (Å²) in [5, 5.41) is 7.20. The third kappa shape index (κ3) is 4.77. The van der Waals surface area contributed by atoms with E-state index in [9.17, 15) is 4.79 Å². The van der Waals surface area contributed by atoms with Gasteiger partial charge in [-0.3, -0.25) is 10.1 Å². The van der Waals surface area contributed by atoms with Crippen LogP contribution < -0.4 is 15.4 Å². The van der Waals surface area contributed by atoms with Gasteiger partial charge in [0.2, 0.25) is 0 Å². The zero-order chi connectivity index (χ0) is 19.4. The van der Waals surface area contributed by atoms with Crippen molar-refractivity contribution in [2.45, 2.75) is 26.4 Å². The summed E-state index contributed by atoms with van der Waals surface area (Å²) in [5.74, 6) is 0.470. The fourth-order valence-electron chi connectivity index (χ4n) is 2.41. The molecule has 0 aliphatic heterocycles. The number of hydrogen-bond donors (Lipinski definition) is 2. The van der Waals surface area contributed by atoms with E-state index in [0.29, 0.717) is 9.90 Å². The van der Waals surface area contributed by atoms with Crippen LogP contribution >= 0.6 is 35.2 Å². The average Bonchev–Trinajstić information content (AvgIpc) is 3.00. The van der Waals surface area contributed by atoms with Gasteiger partial charge in [0.1, 0.15) is 10.6 Å². The summed E-state index contributed by atoms with van der Waals surface area (Å²) in [7, 11) is 0. The number of rotatable bonds is 5. The fraction of sp³-hybridized carbons (Fsp3) is 0.200. The van der Waals surface area contributed by atoms with Gasteiger partial charge in [0.25, 0.3) is 5.91 Å². The Kier molecular flexibility index (Phi) is 6.31. The number of ether oxygens (including phenoxy) is 1. The Hall–Kier alpha value is -2.15. The summed E-state index contributed by atoms with van der Waals surface area (Å²) >= 11 is 12.9. The number of benzene rings is 2. The molecule has 3 aromatic rings. The van der Waals surface area contributed by atoms with Gasteiger partial charge in [0, 0.05) is 15.8 Å². The molecular formula is C20H19ClN2O2S2. The molecule has 4 nitrogen and oxygen atoms in total. The van der Waals surface area contributed by atoms with Gasteiger partial charge in [-0.1, -0.05) is 36.7 Å². The quantitative estimate of drug-likeness (QED) is 0.509. The maximum absolute atomic E-state index is 12.5. The summed E-state index contributed by atoms with van der Waals surface area (Å²) in [4.78, 5) is 13.0. The second kappa shape index (κ2) is 8.69. The van der Waals surface area contributed by atoms with Gasteiger partial charge in [-0.2, -0.15) is 0 Å². The molecule has 0 fully saturated rings. The van der Waals surface area contributed by atoms with Gasteiger partial charge < -0.3 is 10.1 Å². The largest absolute Gasteiger partial charge is 0.491 e. The molecule has 0 aliphatic rings. The smallest absolute Gasteiger partial charge is 0.269 e. The first-order chi connectivity index (χ1) is 13.0. The van der Waals surface area contributed by atoms with Crippen LogP contribution in [0.1, 0.15) is 29.9 Å². The maximum atomic E-state index is 12.5. The monoisotopic (exact) mass is 418 g/mol. The number of fused-ring (bicyclic) bond motifs is 1. The molecule has 2 N–H and O–H groups in total. The summed E-state index contributed by atoms with van der Waals surface area (Å²) in [5.41, 5.74) is 0.763. The first-order valence-corrected chi connectivity index (χ1v) is 10.1. The molecule has 27 heavy (non-hydrogen) atoms. The molecule has 0 saturated carbocycles. The van der Waals surface area contributed by atoms with Gasteiger partial charge >= 0.3 is 0 Å². The van der Waals surface area contributed by atoms with Crippen molar-refractivity contribution in [1.29, 1.82) is 0 Å². The van der Waals surface area contributed by atoms with Crippen LogP contribution in [0.5, 0.6) is 5.75 Å². The van der Waals surface area contributed by atoms with E-state index in [1.165, 1.54) is 11.3 Å². The number of anilines is 1. The number of carbonyl (C=O) groups is 1. The standard InChI is InChI=1S/C20H19ClN2O2S2/c1-3-12(2)25-14-10-8-13(9-11-14)22-20(26)23-19(24)18-17(21)15-6-4-5-7-16(15)27-18/h4-12H,3H2,1-2H3,(H2,22,23,24,26). The van der Waals surface area contributed by atoms with Gasteiger partial charge in [0.05, 0.1) is 11.1 Å². The zero-order valence-corrected chi connectivity index (χ0v) is 17.3. The van der Waals surface area contributed by atoms with Crippen molar-refractivity contribution in [2.24, 2.45) is 0 Å². The molecule has 0 spiro atoms. The molecule has 1 amide bonds. The Morgan fingerprint density at radius 3 is 2.59 bits per heavy atom. The number of thiophene rings is 1. The molecule has 1 unspecified atom stereocenters.